The molecule has 1 rings (SSSR count). The van der Waals surface area contributed by atoms with Gasteiger partial charge in [-0.25, -0.2) is 0 Å². The standard InChI is InChI=1S/C3H5NS2/c1-2-5-6-3-4-1/h1-2,4H,3H2. The second-order valence-electron chi connectivity index (χ2n) is 0.865. The van der Waals surface area contributed by atoms with Crippen LogP contribution in [0.1, 0.15) is 0 Å². The molecule has 0 amide bonds. The summed E-state index contributed by atoms with van der Waals surface area (Å²) < 4.78 is 0. The number of nitrogens with one attached hydrogen (secondary N) is 1. The molecule has 1 N–H and O–H groups in total. The van der Waals surface area contributed by atoms with E-state index in [4.69, 9.17) is 0 Å². The minimum absolute atomic E-state index is 1.04. The van der Waals surface area contributed by atoms with Crippen molar-refractivity contribution in [3.63, 3.8) is 0 Å². The van der Waals surface area contributed by atoms with E-state index in [0.29, 0.717) is 0 Å². The Kier molecular flexibility index (Phi) is 1.77. The SMILES string of the molecule is C1=CSSCN1. The second-order valence-corrected chi connectivity index (χ2v) is 3.14. The van der Waals surface area contributed by atoms with Crippen molar-refractivity contribution in [2.75, 3.05) is 5.88 Å². The van der Waals surface area contributed by atoms with Crippen molar-refractivity contribution in [3.8, 4) is 0 Å². The number of rotatable bonds is 0. The fraction of sp³-hybridized carbons (Fsp3) is 0.333. The van der Waals surface area contributed by atoms with E-state index in [1.807, 2.05) is 22.4 Å². The quantitative estimate of drug-likeness (QED) is 0.484. The molecule has 0 spiro atoms. The van der Waals surface area contributed by atoms with Crippen molar-refractivity contribution in [2.24, 2.45) is 0 Å². The molecule has 0 saturated heterocycles. The molecule has 0 saturated carbocycles. The summed E-state index contributed by atoms with van der Waals surface area (Å²) in [6.07, 6.45) is 1.96. The summed E-state index contributed by atoms with van der Waals surface area (Å²) in [5, 5.41) is 5.08. The lowest BCUT2D eigenvalue weighted by Crippen LogP contribution is -2.02. The van der Waals surface area contributed by atoms with E-state index in [-0.39, 0.29) is 0 Å². The van der Waals surface area contributed by atoms with Gasteiger partial charge in [0.15, 0.2) is 0 Å². The van der Waals surface area contributed by atoms with Crippen LogP contribution >= 0.6 is 21.6 Å². The third-order valence-corrected chi connectivity index (χ3v) is 2.21. The molecule has 0 unspecified atom stereocenters. The molecule has 0 aromatic carbocycles. The van der Waals surface area contributed by atoms with Gasteiger partial charge >= 0.3 is 0 Å². The van der Waals surface area contributed by atoms with Gasteiger partial charge in [-0.2, -0.15) is 0 Å². The predicted octanol–water partition coefficient (Wildman–Crippen LogP) is 1.40. The van der Waals surface area contributed by atoms with Gasteiger partial charge in [-0.15, -0.1) is 0 Å². The van der Waals surface area contributed by atoms with E-state index in [0.717, 1.165) is 5.88 Å². The molecular weight excluding hydrogens is 114 g/mol. The molecule has 0 aromatic rings. The largest absolute Gasteiger partial charge is 0.381 e. The summed E-state index contributed by atoms with van der Waals surface area (Å²) in [4.78, 5) is 0. The highest BCUT2D eigenvalue weighted by atomic mass is 33.1. The summed E-state index contributed by atoms with van der Waals surface area (Å²) in [6.45, 7) is 0. The van der Waals surface area contributed by atoms with Gasteiger partial charge in [0.25, 0.3) is 0 Å². The molecule has 1 aliphatic heterocycles. The maximum atomic E-state index is 3.05. The van der Waals surface area contributed by atoms with Crippen LogP contribution in [0.3, 0.4) is 0 Å². The Morgan fingerprint density at radius 1 is 1.67 bits per heavy atom. The van der Waals surface area contributed by atoms with E-state index >= 15 is 0 Å². The topological polar surface area (TPSA) is 12.0 Å². The van der Waals surface area contributed by atoms with Crippen molar-refractivity contribution < 1.29 is 0 Å². The van der Waals surface area contributed by atoms with E-state index < -0.39 is 0 Å². The van der Waals surface area contributed by atoms with E-state index in [1.54, 1.807) is 10.8 Å². The summed E-state index contributed by atoms with van der Waals surface area (Å²) in [5.41, 5.74) is 0. The predicted molar refractivity (Wildman–Crippen MR) is 32.3 cm³/mol. The van der Waals surface area contributed by atoms with Crippen LogP contribution in [0.4, 0.5) is 0 Å². The Hall–Kier alpha value is 0.240. The van der Waals surface area contributed by atoms with Gasteiger partial charge in [-0.1, -0.05) is 21.6 Å². The van der Waals surface area contributed by atoms with E-state index in [9.17, 15) is 0 Å². The molecule has 6 heavy (non-hydrogen) atoms. The minimum Gasteiger partial charge on any atom is -0.381 e. The smallest absolute Gasteiger partial charge is 0.0711 e. The second kappa shape index (κ2) is 2.42. The van der Waals surface area contributed by atoms with E-state index in [2.05, 4.69) is 5.32 Å². The van der Waals surface area contributed by atoms with Crippen LogP contribution in [0, 0.1) is 0 Å². The third-order valence-electron chi connectivity index (χ3n) is 0.452. The Morgan fingerprint density at radius 2 is 2.67 bits per heavy atom. The van der Waals surface area contributed by atoms with Crippen LogP contribution in [-0.4, -0.2) is 5.88 Å². The van der Waals surface area contributed by atoms with Gasteiger partial charge in [-0.3, -0.25) is 0 Å². The molecule has 0 fully saturated rings. The van der Waals surface area contributed by atoms with Gasteiger partial charge in [0.05, 0.1) is 5.88 Å². The lowest BCUT2D eigenvalue weighted by molar-refractivity contribution is 1.07. The zero-order valence-electron chi connectivity index (χ0n) is 3.18. The molecule has 0 atom stereocenters. The first kappa shape index (κ1) is 4.40. The molecule has 1 heterocycles. The highest BCUT2D eigenvalue weighted by Crippen LogP contribution is 2.22. The molecule has 0 bridgehead atoms. The Morgan fingerprint density at radius 3 is 2.83 bits per heavy atom. The molecule has 0 aromatic heterocycles. The highest BCUT2D eigenvalue weighted by Gasteiger charge is 1.85. The van der Waals surface area contributed by atoms with Crippen molar-refractivity contribution in [1.82, 2.24) is 5.32 Å². The first-order valence-corrected chi connectivity index (χ1v) is 4.05. The summed E-state index contributed by atoms with van der Waals surface area (Å²) in [5.74, 6) is 1.04. The maximum absolute atomic E-state index is 3.05. The maximum Gasteiger partial charge on any atom is 0.0711 e. The number of hydrogen-bond donors (Lipinski definition) is 1. The average molecular weight is 119 g/mol. The first-order valence-electron chi connectivity index (χ1n) is 1.67. The van der Waals surface area contributed by atoms with Crippen LogP contribution in [0.25, 0.3) is 0 Å². The van der Waals surface area contributed by atoms with Gasteiger partial charge in [0.1, 0.15) is 0 Å². The fourth-order valence-corrected chi connectivity index (χ4v) is 1.50. The molecule has 3 heteroatoms. The zero-order chi connectivity index (χ0) is 4.24. The highest BCUT2D eigenvalue weighted by molar-refractivity contribution is 8.77. The molecule has 34 valence electrons. The Balaban J connectivity index is 2.26. The first-order chi connectivity index (χ1) is 3.00. The Labute approximate surface area is 45.0 Å². The van der Waals surface area contributed by atoms with Gasteiger partial charge < -0.3 is 5.32 Å². The molecular formula is C3H5NS2. The normalized spacial score (nSPS) is 20.0. The number of hydrogen-bond acceptors (Lipinski definition) is 3. The Bertz CT molecular complexity index is 53.8. The molecule has 0 radical (unpaired) electrons. The zero-order valence-corrected chi connectivity index (χ0v) is 4.81. The van der Waals surface area contributed by atoms with Crippen LogP contribution in [-0.2, 0) is 0 Å². The van der Waals surface area contributed by atoms with Crippen molar-refractivity contribution in [1.29, 1.82) is 0 Å². The average Bonchev–Trinajstić information content (AvgIpc) is 1.72. The van der Waals surface area contributed by atoms with Crippen LogP contribution in [0.2, 0.25) is 0 Å². The molecule has 0 aliphatic carbocycles. The van der Waals surface area contributed by atoms with E-state index in [1.165, 1.54) is 0 Å². The summed E-state index contributed by atoms with van der Waals surface area (Å²) in [6, 6.07) is 0. The van der Waals surface area contributed by atoms with Crippen LogP contribution < -0.4 is 5.32 Å². The fourth-order valence-electron chi connectivity index (χ4n) is 0.231. The molecule has 1 nitrogen and oxygen atoms in total. The minimum atomic E-state index is 1.04. The summed E-state index contributed by atoms with van der Waals surface area (Å²) >= 11 is 0. The third kappa shape index (κ3) is 1.14. The van der Waals surface area contributed by atoms with Crippen LogP contribution in [0.5, 0.6) is 0 Å². The van der Waals surface area contributed by atoms with Gasteiger partial charge in [0.2, 0.25) is 0 Å². The molecule has 1 aliphatic rings. The van der Waals surface area contributed by atoms with Crippen molar-refractivity contribution in [3.05, 3.63) is 11.6 Å². The van der Waals surface area contributed by atoms with Gasteiger partial charge in [-0.05, 0) is 5.41 Å². The lowest BCUT2D eigenvalue weighted by atomic mass is 11.0. The van der Waals surface area contributed by atoms with Crippen molar-refractivity contribution in [2.45, 2.75) is 0 Å². The lowest BCUT2D eigenvalue weighted by Gasteiger charge is -2.00. The summed E-state index contributed by atoms with van der Waals surface area (Å²) in [7, 11) is 3.58. The van der Waals surface area contributed by atoms with Crippen molar-refractivity contribution >= 4 is 21.6 Å². The van der Waals surface area contributed by atoms with Gasteiger partial charge in [0, 0.05) is 6.20 Å². The monoisotopic (exact) mass is 119 g/mol. The van der Waals surface area contributed by atoms with Crippen LogP contribution in [0.15, 0.2) is 11.6 Å².